The van der Waals surface area contributed by atoms with E-state index in [4.69, 9.17) is 32.4 Å². The molecule has 1 aromatic carbocycles. The van der Waals surface area contributed by atoms with E-state index in [0.717, 1.165) is 0 Å². The fourth-order valence-corrected chi connectivity index (χ4v) is 2.11. The highest BCUT2D eigenvalue weighted by atomic mass is 35.5. The zero-order valence-electron chi connectivity index (χ0n) is 11.8. The fraction of sp³-hybridized carbons (Fsp3) is 0.267. The molecule has 2 N–H and O–H groups in total. The van der Waals surface area contributed by atoms with Gasteiger partial charge < -0.3 is 19.6 Å². The van der Waals surface area contributed by atoms with Crippen LogP contribution in [0.3, 0.4) is 0 Å². The summed E-state index contributed by atoms with van der Waals surface area (Å²) in [5.41, 5.74) is 0.436. The molecule has 0 radical (unpaired) electrons. The normalized spacial score (nSPS) is 12.0. The van der Waals surface area contributed by atoms with Crippen molar-refractivity contribution in [3.8, 4) is 5.75 Å². The number of furan rings is 1. The Morgan fingerprint density at radius 2 is 2.18 bits per heavy atom. The number of ether oxygens (including phenoxy) is 1. The molecule has 1 aromatic heterocycles. The molecule has 1 amide bonds. The maximum atomic E-state index is 11.8. The standard InChI is InChI=1S/C15H15Cl2NO4/c1-9-11(5-6-21-9)15(20)18-7-10(19)8-22-13-4-2-3-12(16)14(13)17/h2-6,10,19H,7-8H2,1H3,(H,18,20)/t10-/m1/s1. The number of hydrogen-bond donors (Lipinski definition) is 2. The highest BCUT2D eigenvalue weighted by Gasteiger charge is 2.14. The van der Waals surface area contributed by atoms with Crippen LogP contribution in [0, 0.1) is 6.92 Å². The summed E-state index contributed by atoms with van der Waals surface area (Å²) in [6, 6.07) is 6.55. The summed E-state index contributed by atoms with van der Waals surface area (Å²) in [6.07, 6.45) is 0.552. The van der Waals surface area contributed by atoms with Crippen molar-refractivity contribution in [3.05, 3.63) is 51.9 Å². The van der Waals surface area contributed by atoms with Crippen molar-refractivity contribution < 1.29 is 19.1 Å². The second-order valence-corrected chi connectivity index (χ2v) is 5.40. The molecule has 22 heavy (non-hydrogen) atoms. The van der Waals surface area contributed by atoms with E-state index in [0.29, 0.717) is 22.1 Å². The number of carbonyl (C=O) groups is 1. The first-order chi connectivity index (χ1) is 10.5. The summed E-state index contributed by atoms with van der Waals surface area (Å²) >= 11 is 11.8. The van der Waals surface area contributed by atoms with Crippen molar-refractivity contribution in [1.29, 1.82) is 0 Å². The summed E-state index contributed by atoms with van der Waals surface area (Å²) in [5.74, 6) is 0.588. The van der Waals surface area contributed by atoms with Crippen molar-refractivity contribution in [2.24, 2.45) is 0 Å². The lowest BCUT2D eigenvalue weighted by atomic mass is 10.2. The van der Waals surface area contributed by atoms with Gasteiger partial charge in [-0.2, -0.15) is 0 Å². The number of carbonyl (C=O) groups excluding carboxylic acids is 1. The van der Waals surface area contributed by atoms with E-state index < -0.39 is 6.10 Å². The van der Waals surface area contributed by atoms with Crippen LogP contribution >= 0.6 is 23.2 Å². The van der Waals surface area contributed by atoms with Gasteiger partial charge in [0.2, 0.25) is 0 Å². The Labute approximate surface area is 137 Å². The molecule has 5 nitrogen and oxygen atoms in total. The maximum absolute atomic E-state index is 11.8. The van der Waals surface area contributed by atoms with Crippen LogP contribution in [0.4, 0.5) is 0 Å². The molecule has 1 heterocycles. The summed E-state index contributed by atoms with van der Waals surface area (Å²) in [4.78, 5) is 11.8. The highest BCUT2D eigenvalue weighted by Crippen LogP contribution is 2.31. The summed E-state index contributed by atoms with van der Waals surface area (Å²) in [6.45, 7) is 1.71. The summed E-state index contributed by atoms with van der Waals surface area (Å²) in [7, 11) is 0. The highest BCUT2D eigenvalue weighted by molar-refractivity contribution is 6.42. The number of hydrogen-bond acceptors (Lipinski definition) is 4. The fourth-order valence-electron chi connectivity index (χ4n) is 1.77. The largest absolute Gasteiger partial charge is 0.489 e. The quantitative estimate of drug-likeness (QED) is 0.845. The van der Waals surface area contributed by atoms with Gasteiger partial charge in [0, 0.05) is 6.54 Å². The second kappa shape index (κ2) is 7.54. The Morgan fingerprint density at radius 1 is 1.41 bits per heavy atom. The third kappa shape index (κ3) is 4.16. The third-order valence-corrected chi connectivity index (χ3v) is 3.75. The van der Waals surface area contributed by atoms with Gasteiger partial charge in [0.25, 0.3) is 5.91 Å². The summed E-state index contributed by atoms with van der Waals surface area (Å²) in [5, 5.41) is 13.1. The molecule has 0 spiro atoms. The summed E-state index contributed by atoms with van der Waals surface area (Å²) < 4.78 is 10.4. The number of rotatable bonds is 6. The lowest BCUT2D eigenvalue weighted by Gasteiger charge is -2.14. The molecular weight excluding hydrogens is 329 g/mol. The molecule has 7 heteroatoms. The number of amides is 1. The van der Waals surface area contributed by atoms with Crippen LogP contribution in [0.15, 0.2) is 34.9 Å². The smallest absolute Gasteiger partial charge is 0.254 e. The number of aliphatic hydroxyl groups is 1. The lowest BCUT2D eigenvalue weighted by Crippen LogP contribution is -2.35. The van der Waals surface area contributed by atoms with E-state index in [1.54, 1.807) is 31.2 Å². The molecule has 118 valence electrons. The molecule has 0 saturated heterocycles. The van der Waals surface area contributed by atoms with Crippen LogP contribution in [0.5, 0.6) is 5.75 Å². The van der Waals surface area contributed by atoms with E-state index in [9.17, 15) is 9.90 Å². The molecule has 0 unspecified atom stereocenters. The molecule has 0 fully saturated rings. The number of benzene rings is 1. The first-order valence-corrected chi connectivity index (χ1v) is 7.31. The van der Waals surface area contributed by atoms with Gasteiger partial charge >= 0.3 is 0 Å². The van der Waals surface area contributed by atoms with Gasteiger partial charge in [0.1, 0.15) is 29.2 Å². The van der Waals surface area contributed by atoms with Crippen molar-refractivity contribution >= 4 is 29.1 Å². The number of aliphatic hydroxyl groups excluding tert-OH is 1. The van der Waals surface area contributed by atoms with Crippen molar-refractivity contribution in [2.45, 2.75) is 13.0 Å². The van der Waals surface area contributed by atoms with E-state index in [-0.39, 0.29) is 24.1 Å². The minimum Gasteiger partial charge on any atom is -0.489 e. The molecule has 0 aliphatic carbocycles. The predicted molar refractivity (Wildman–Crippen MR) is 83.7 cm³/mol. The Morgan fingerprint density at radius 3 is 2.86 bits per heavy atom. The topological polar surface area (TPSA) is 71.7 Å². The SMILES string of the molecule is Cc1occc1C(=O)NC[C@@H](O)COc1cccc(Cl)c1Cl. The Bertz CT molecular complexity index is 657. The van der Waals surface area contributed by atoms with E-state index in [1.165, 1.54) is 6.26 Å². The van der Waals surface area contributed by atoms with Gasteiger partial charge in [-0.1, -0.05) is 29.3 Å². The molecule has 0 aliphatic heterocycles. The number of nitrogens with one attached hydrogen (secondary N) is 1. The minimum atomic E-state index is -0.883. The molecule has 0 bridgehead atoms. The average Bonchev–Trinajstić information content (AvgIpc) is 2.92. The van der Waals surface area contributed by atoms with Crippen LogP contribution in [-0.2, 0) is 0 Å². The van der Waals surface area contributed by atoms with Crippen LogP contribution in [0.2, 0.25) is 10.0 Å². The number of halogens is 2. The third-order valence-electron chi connectivity index (χ3n) is 2.95. The van der Waals surface area contributed by atoms with Gasteiger partial charge in [-0.3, -0.25) is 4.79 Å². The maximum Gasteiger partial charge on any atom is 0.254 e. The van der Waals surface area contributed by atoms with Crippen LogP contribution in [-0.4, -0.2) is 30.3 Å². The van der Waals surface area contributed by atoms with E-state index in [1.807, 2.05) is 0 Å². The Hall–Kier alpha value is -1.69. The van der Waals surface area contributed by atoms with Gasteiger partial charge in [-0.05, 0) is 25.1 Å². The van der Waals surface area contributed by atoms with Crippen molar-refractivity contribution in [3.63, 3.8) is 0 Å². The second-order valence-electron chi connectivity index (χ2n) is 4.62. The lowest BCUT2D eigenvalue weighted by molar-refractivity contribution is 0.0842. The van der Waals surface area contributed by atoms with Crippen molar-refractivity contribution in [1.82, 2.24) is 5.32 Å². The molecule has 2 aromatic rings. The Balaban J connectivity index is 1.81. The molecule has 0 aliphatic rings. The Kier molecular flexibility index (Phi) is 5.71. The van der Waals surface area contributed by atoms with Crippen LogP contribution in [0.1, 0.15) is 16.1 Å². The van der Waals surface area contributed by atoms with Gasteiger partial charge in [-0.25, -0.2) is 0 Å². The van der Waals surface area contributed by atoms with Crippen LogP contribution in [0.25, 0.3) is 0 Å². The molecule has 1 atom stereocenters. The molecule has 2 rings (SSSR count). The van der Waals surface area contributed by atoms with E-state index in [2.05, 4.69) is 5.32 Å². The predicted octanol–water partition coefficient (Wildman–Crippen LogP) is 3.06. The van der Waals surface area contributed by atoms with Crippen LogP contribution < -0.4 is 10.1 Å². The zero-order valence-corrected chi connectivity index (χ0v) is 13.3. The minimum absolute atomic E-state index is 0.0231. The first kappa shape index (κ1) is 16.7. The van der Waals surface area contributed by atoms with Gasteiger partial charge in [0.05, 0.1) is 16.8 Å². The molecule has 0 saturated carbocycles. The van der Waals surface area contributed by atoms with Gasteiger partial charge in [0.15, 0.2) is 0 Å². The monoisotopic (exact) mass is 343 g/mol. The molecular formula is C15H15Cl2NO4. The van der Waals surface area contributed by atoms with Gasteiger partial charge in [-0.15, -0.1) is 0 Å². The number of aryl methyl sites for hydroxylation is 1. The van der Waals surface area contributed by atoms with Crippen molar-refractivity contribution in [2.75, 3.05) is 13.2 Å². The first-order valence-electron chi connectivity index (χ1n) is 6.56. The zero-order chi connectivity index (χ0) is 16.1. The average molecular weight is 344 g/mol. The van der Waals surface area contributed by atoms with E-state index >= 15 is 0 Å².